The summed E-state index contributed by atoms with van der Waals surface area (Å²) in [5.74, 6) is 0.463. The molecule has 0 radical (unpaired) electrons. The molecule has 0 bridgehead atoms. The molecule has 2 aromatic rings. The van der Waals surface area contributed by atoms with Crippen LogP contribution in [0.2, 0.25) is 10.0 Å². The minimum atomic E-state index is -0.782. The van der Waals surface area contributed by atoms with Crippen molar-refractivity contribution in [3.05, 3.63) is 58.1 Å². The molecule has 1 atom stereocenters. The van der Waals surface area contributed by atoms with E-state index in [2.05, 4.69) is 4.90 Å². The number of ether oxygens (including phenoxy) is 2. The molecule has 146 valence electrons. The van der Waals surface area contributed by atoms with Crippen LogP contribution in [-0.4, -0.2) is 42.2 Å². The number of aliphatic carboxylic acids is 1. The Kier molecular flexibility index (Phi) is 8.20. The Bertz CT molecular complexity index is 750. The SMILES string of the molecule is Cl.O=C(O)CCN1CCOC(c2ccc(Oc3cc(Cl)cc(Cl)c3)cc2)C1. The predicted octanol–water partition coefficient (Wildman–Crippen LogP) is 5.06. The first kappa shape index (κ1) is 21.8. The smallest absolute Gasteiger partial charge is 0.304 e. The summed E-state index contributed by atoms with van der Waals surface area (Å²) in [5, 5.41) is 9.85. The fourth-order valence-corrected chi connectivity index (χ4v) is 3.34. The van der Waals surface area contributed by atoms with E-state index in [0.717, 1.165) is 12.1 Å². The second-order valence-corrected chi connectivity index (χ2v) is 6.95. The van der Waals surface area contributed by atoms with E-state index in [1.54, 1.807) is 18.2 Å². The molecule has 2 aromatic carbocycles. The summed E-state index contributed by atoms with van der Waals surface area (Å²) in [6.07, 6.45) is 0.0639. The molecule has 3 rings (SSSR count). The van der Waals surface area contributed by atoms with Crippen molar-refractivity contribution in [3.8, 4) is 11.5 Å². The largest absolute Gasteiger partial charge is 0.481 e. The number of hydrogen-bond donors (Lipinski definition) is 1. The Balaban J connectivity index is 0.00000261. The first-order valence-electron chi connectivity index (χ1n) is 8.29. The molecule has 1 heterocycles. The maximum Gasteiger partial charge on any atom is 0.304 e. The molecule has 0 aliphatic carbocycles. The molecule has 1 aliphatic heterocycles. The molecule has 0 amide bonds. The summed E-state index contributed by atoms with van der Waals surface area (Å²) in [4.78, 5) is 12.8. The van der Waals surface area contributed by atoms with Crippen molar-refractivity contribution in [1.82, 2.24) is 4.90 Å². The first-order chi connectivity index (χ1) is 12.5. The molecule has 0 aromatic heterocycles. The van der Waals surface area contributed by atoms with Gasteiger partial charge in [0.1, 0.15) is 11.5 Å². The molecule has 1 N–H and O–H groups in total. The van der Waals surface area contributed by atoms with Gasteiger partial charge in [-0.25, -0.2) is 0 Å². The Labute approximate surface area is 174 Å². The molecule has 27 heavy (non-hydrogen) atoms. The lowest BCUT2D eigenvalue weighted by Gasteiger charge is -2.32. The average molecular weight is 433 g/mol. The number of rotatable bonds is 6. The fraction of sp³-hybridized carbons (Fsp3) is 0.316. The molecular formula is C19H20Cl3NO4. The molecule has 1 fully saturated rings. The van der Waals surface area contributed by atoms with E-state index >= 15 is 0 Å². The van der Waals surface area contributed by atoms with E-state index < -0.39 is 5.97 Å². The molecular weight excluding hydrogens is 413 g/mol. The Morgan fingerprint density at radius 1 is 1.15 bits per heavy atom. The van der Waals surface area contributed by atoms with E-state index in [1.165, 1.54) is 0 Å². The molecule has 1 saturated heterocycles. The highest BCUT2D eigenvalue weighted by atomic mass is 35.5. The van der Waals surface area contributed by atoms with Gasteiger partial charge in [-0.1, -0.05) is 35.3 Å². The van der Waals surface area contributed by atoms with Gasteiger partial charge in [-0.3, -0.25) is 9.69 Å². The highest BCUT2D eigenvalue weighted by molar-refractivity contribution is 6.34. The maximum absolute atomic E-state index is 10.7. The molecule has 0 spiro atoms. The first-order valence-corrected chi connectivity index (χ1v) is 9.05. The maximum atomic E-state index is 10.7. The van der Waals surface area contributed by atoms with Crippen molar-refractivity contribution >= 4 is 41.6 Å². The van der Waals surface area contributed by atoms with Gasteiger partial charge in [-0.15, -0.1) is 12.4 Å². The Morgan fingerprint density at radius 2 is 1.81 bits per heavy atom. The van der Waals surface area contributed by atoms with Gasteiger partial charge in [0.05, 0.1) is 19.1 Å². The van der Waals surface area contributed by atoms with Crippen LogP contribution < -0.4 is 4.74 Å². The number of halogens is 3. The van der Waals surface area contributed by atoms with E-state index in [4.69, 9.17) is 37.8 Å². The number of morpholine rings is 1. The van der Waals surface area contributed by atoms with Crippen LogP contribution in [0.1, 0.15) is 18.1 Å². The van der Waals surface area contributed by atoms with Gasteiger partial charge >= 0.3 is 5.97 Å². The van der Waals surface area contributed by atoms with Gasteiger partial charge in [0, 0.05) is 29.7 Å². The van der Waals surface area contributed by atoms with Gasteiger partial charge in [0.2, 0.25) is 0 Å². The summed E-state index contributed by atoms with van der Waals surface area (Å²) in [6.45, 7) is 2.55. The third-order valence-electron chi connectivity index (χ3n) is 4.12. The minimum absolute atomic E-state index is 0. The van der Waals surface area contributed by atoms with Crippen LogP contribution in [0.3, 0.4) is 0 Å². The number of carbonyl (C=O) groups is 1. The van der Waals surface area contributed by atoms with Gasteiger partial charge in [-0.2, -0.15) is 0 Å². The van der Waals surface area contributed by atoms with Gasteiger partial charge in [0.25, 0.3) is 0 Å². The second-order valence-electron chi connectivity index (χ2n) is 6.08. The van der Waals surface area contributed by atoms with Crippen molar-refractivity contribution in [1.29, 1.82) is 0 Å². The molecule has 0 saturated carbocycles. The number of carboxylic acids is 1. The second kappa shape index (κ2) is 10.2. The topological polar surface area (TPSA) is 59.0 Å². The van der Waals surface area contributed by atoms with E-state index in [-0.39, 0.29) is 24.9 Å². The highest BCUT2D eigenvalue weighted by Gasteiger charge is 2.22. The monoisotopic (exact) mass is 431 g/mol. The summed E-state index contributed by atoms with van der Waals surface area (Å²) in [6, 6.07) is 12.7. The van der Waals surface area contributed by atoms with Crippen LogP contribution in [0.5, 0.6) is 11.5 Å². The number of carboxylic acid groups (broad SMARTS) is 1. The average Bonchev–Trinajstić information content (AvgIpc) is 2.60. The highest BCUT2D eigenvalue weighted by Crippen LogP contribution is 2.30. The Morgan fingerprint density at radius 3 is 2.44 bits per heavy atom. The van der Waals surface area contributed by atoms with Crippen LogP contribution in [0.15, 0.2) is 42.5 Å². The number of nitrogens with zero attached hydrogens (tertiary/aromatic N) is 1. The quantitative estimate of drug-likeness (QED) is 0.692. The molecule has 5 nitrogen and oxygen atoms in total. The Hall–Kier alpha value is -1.50. The normalized spacial score (nSPS) is 17.2. The number of hydrogen-bond acceptors (Lipinski definition) is 4. The van der Waals surface area contributed by atoms with Gasteiger partial charge in [-0.05, 0) is 35.9 Å². The van der Waals surface area contributed by atoms with Crippen LogP contribution in [0, 0.1) is 0 Å². The van der Waals surface area contributed by atoms with Crippen LogP contribution in [-0.2, 0) is 9.53 Å². The lowest BCUT2D eigenvalue weighted by atomic mass is 10.1. The van der Waals surface area contributed by atoms with E-state index in [9.17, 15) is 4.79 Å². The summed E-state index contributed by atoms with van der Waals surface area (Å²) in [5.41, 5.74) is 1.03. The summed E-state index contributed by atoms with van der Waals surface area (Å²) in [7, 11) is 0. The zero-order chi connectivity index (χ0) is 18.5. The van der Waals surface area contributed by atoms with Gasteiger partial charge in [0.15, 0.2) is 0 Å². The van der Waals surface area contributed by atoms with Crippen molar-refractivity contribution < 1.29 is 19.4 Å². The van der Waals surface area contributed by atoms with Crippen molar-refractivity contribution in [2.75, 3.05) is 26.2 Å². The lowest BCUT2D eigenvalue weighted by Crippen LogP contribution is -2.39. The minimum Gasteiger partial charge on any atom is -0.481 e. The van der Waals surface area contributed by atoms with Crippen LogP contribution in [0.25, 0.3) is 0 Å². The third kappa shape index (κ3) is 6.55. The summed E-state index contributed by atoms with van der Waals surface area (Å²) >= 11 is 12.0. The molecule has 1 unspecified atom stereocenters. The zero-order valence-electron chi connectivity index (χ0n) is 14.4. The summed E-state index contributed by atoms with van der Waals surface area (Å²) < 4.78 is 11.6. The van der Waals surface area contributed by atoms with E-state index in [0.29, 0.717) is 41.2 Å². The lowest BCUT2D eigenvalue weighted by molar-refractivity contribution is -0.137. The van der Waals surface area contributed by atoms with Crippen LogP contribution >= 0.6 is 35.6 Å². The standard InChI is InChI=1S/C19H19Cl2NO4.ClH/c20-14-9-15(21)11-17(10-14)26-16-3-1-13(2-4-16)18-12-22(7-8-25-18)6-5-19(23)24;/h1-4,9-11,18H,5-8,12H2,(H,23,24);1H. The van der Waals surface area contributed by atoms with Crippen LogP contribution in [0.4, 0.5) is 0 Å². The van der Waals surface area contributed by atoms with E-state index in [1.807, 2.05) is 24.3 Å². The van der Waals surface area contributed by atoms with Crippen molar-refractivity contribution in [2.24, 2.45) is 0 Å². The zero-order valence-corrected chi connectivity index (χ0v) is 16.8. The predicted molar refractivity (Wildman–Crippen MR) is 108 cm³/mol. The van der Waals surface area contributed by atoms with Crippen molar-refractivity contribution in [3.63, 3.8) is 0 Å². The van der Waals surface area contributed by atoms with Gasteiger partial charge < -0.3 is 14.6 Å². The number of benzene rings is 2. The fourth-order valence-electron chi connectivity index (χ4n) is 2.84. The third-order valence-corrected chi connectivity index (χ3v) is 4.55. The van der Waals surface area contributed by atoms with Crippen molar-refractivity contribution in [2.45, 2.75) is 12.5 Å². The molecule has 1 aliphatic rings. The molecule has 8 heteroatoms.